The van der Waals surface area contributed by atoms with Gasteiger partial charge in [0.05, 0.1) is 19.7 Å². The van der Waals surface area contributed by atoms with E-state index in [0.717, 1.165) is 24.5 Å². The second-order valence-corrected chi connectivity index (χ2v) is 4.71. The third kappa shape index (κ3) is 3.41. The molecule has 2 rings (SSSR count). The molecule has 1 aromatic heterocycles. The number of aryl methyl sites for hydroxylation is 1. The lowest BCUT2D eigenvalue weighted by Crippen LogP contribution is -2.30. The maximum absolute atomic E-state index is 11.9. The standard InChI is InChI=1S/C13H19NO3/c1-10-3-4-12(17-10)7-14(2)8-13(15)11-5-6-16-9-11/h3-4,11H,5-9H2,1-2H3. The molecule has 0 aromatic carbocycles. The lowest BCUT2D eigenvalue weighted by Gasteiger charge is -2.16. The Hall–Kier alpha value is -1.13. The zero-order valence-corrected chi connectivity index (χ0v) is 10.4. The summed E-state index contributed by atoms with van der Waals surface area (Å²) in [5, 5.41) is 0. The number of carbonyl (C=O) groups is 1. The Kier molecular flexibility index (Phi) is 3.97. The van der Waals surface area contributed by atoms with Gasteiger partial charge in [-0.3, -0.25) is 9.69 Å². The Morgan fingerprint density at radius 3 is 2.94 bits per heavy atom. The minimum Gasteiger partial charge on any atom is -0.465 e. The third-order valence-corrected chi connectivity index (χ3v) is 3.03. The molecule has 1 aliphatic heterocycles. The van der Waals surface area contributed by atoms with Gasteiger partial charge in [0.1, 0.15) is 11.5 Å². The lowest BCUT2D eigenvalue weighted by molar-refractivity contribution is -0.123. The van der Waals surface area contributed by atoms with E-state index in [2.05, 4.69) is 0 Å². The summed E-state index contributed by atoms with van der Waals surface area (Å²) in [6.45, 7) is 4.37. The van der Waals surface area contributed by atoms with Crippen LogP contribution in [0.3, 0.4) is 0 Å². The second-order valence-electron chi connectivity index (χ2n) is 4.71. The van der Waals surface area contributed by atoms with Crippen molar-refractivity contribution >= 4 is 5.78 Å². The van der Waals surface area contributed by atoms with Crippen molar-refractivity contribution in [2.75, 3.05) is 26.8 Å². The highest BCUT2D eigenvalue weighted by molar-refractivity contribution is 5.83. The minimum atomic E-state index is 0.0933. The van der Waals surface area contributed by atoms with Crippen LogP contribution in [-0.2, 0) is 16.1 Å². The van der Waals surface area contributed by atoms with Crippen LogP contribution in [-0.4, -0.2) is 37.5 Å². The van der Waals surface area contributed by atoms with Crippen molar-refractivity contribution < 1.29 is 13.9 Å². The number of likely N-dealkylation sites (N-methyl/N-ethyl adjacent to an activating group) is 1. The highest BCUT2D eigenvalue weighted by Crippen LogP contribution is 2.14. The molecule has 0 bridgehead atoms. The van der Waals surface area contributed by atoms with E-state index in [1.807, 2.05) is 31.0 Å². The van der Waals surface area contributed by atoms with Crippen LogP contribution in [0.5, 0.6) is 0 Å². The zero-order chi connectivity index (χ0) is 12.3. The van der Waals surface area contributed by atoms with E-state index in [4.69, 9.17) is 9.15 Å². The van der Waals surface area contributed by atoms with E-state index >= 15 is 0 Å². The van der Waals surface area contributed by atoms with Crippen LogP contribution in [0, 0.1) is 12.8 Å². The van der Waals surface area contributed by atoms with Gasteiger partial charge in [0, 0.05) is 12.5 Å². The Morgan fingerprint density at radius 2 is 2.35 bits per heavy atom. The van der Waals surface area contributed by atoms with E-state index in [1.165, 1.54) is 0 Å². The molecule has 0 N–H and O–H groups in total. The van der Waals surface area contributed by atoms with Crippen molar-refractivity contribution in [1.29, 1.82) is 0 Å². The summed E-state index contributed by atoms with van der Waals surface area (Å²) < 4.78 is 10.7. The van der Waals surface area contributed by atoms with Crippen molar-refractivity contribution in [2.24, 2.45) is 5.92 Å². The summed E-state index contributed by atoms with van der Waals surface area (Å²) in [4.78, 5) is 13.9. The highest BCUT2D eigenvalue weighted by Gasteiger charge is 2.24. The van der Waals surface area contributed by atoms with Gasteiger partial charge in [-0.15, -0.1) is 0 Å². The average Bonchev–Trinajstić information content (AvgIpc) is 2.89. The normalized spacial score (nSPS) is 20.1. The molecule has 0 saturated carbocycles. The topological polar surface area (TPSA) is 42.7 Å². The van der Waals surface area contributed by atoms with Gasteiger partial charge in [0.2, 0.25) is 0 Å². The maximum Gasteiger partial charge on any atom is 0.152 e. The Bertz CT molecular complexity index is 380. The lowest BCUT2D eigenvalue weighted by atomic mass is 10.0. The average molecular weight is 237 g/mol. The van der Waals surface area contributed by atoms with Gasteiger partial charge < -0.3 is 9.15 Å². The van der Waals surface area contributed by atoms with Crippen LogP contribution in [0.15, 0.2) is 16.5 Å². The van der Waals surface area contributed by atoms with Crippen molar-refractivity contribution in [3.63, 3.8) is 0 Å². The van der Waals surface area contributed by atoms with Crippen LogP contribution >= 0.6 is 0 Å². The molecule has 17 heavy (non-hydrogen) atoms. The molecule has 0 radical (unpaired) electrons. The maximum atomic E-state index is 11.9. The highest BCUT2D eigenvalue weighted by atomic mass is 16.5. The number of Topliss-reactive ketones (excluding diaryl/α,β-unsaturated/α-hetero) is 1. The first-order valence-corrected chi connectivity index (χ1v) is 5.99. The molecule has 1 saturated heterocycles. The van der Waals surface area contributed by atoms with Crippen molar-refractivity contribution in [3.05, 3.63) is 23.7 Å². The molecule has 0 spiro atoms. The van der Waals surface area contributed by atoms with Crippen LogP contribution in [0.25, 0.3) is 0 Å². The molecule has 1 unspecified atom stereocenters. The molecule has 4 nitrogen and oxygen atoms in total. The van der Waals surface area contributed by atoms with Crippen molar-refractivity contribution in [2.45, 2.75) is 19.9 Å². The molecule has 4 heteroatoms. The van der Waals surface area contributed by atoms with Gasteiger partial charge in [-0.2, -0.15) is 0 Å². The van der Waals surface area contributed by atoms with E-state index in [-0.39, 0.29) is 11.7 Å². The van der Waals surface area contributed by atoms with Gasteiger partial charge in [-0.1, -0.05) is 0 Å². The smallest absolute Gasteiger partial charge is 0.152 e. The Labute approximate surface area is 102 Å². The number of furan rings is 1. The fourth-order valence-corrected chi connectivity index (χ4v) is 2.08. The molecular formula is C13H19NO3. The molecule has 2 heterocycles. The van der Waals surface area contributed by atoms with Crippen molar-refractivity contribution in [1.82, 2.24) is 4.90 Å². The Morgan fingerprint density at radius 1 is 1.53 bits per heavy atom. The SMILES string of the molecule is Cc1ccc(CN(C)CC(=O)C2CCOC2)o1. The number of ether oxygens (including phenoxy) is 1. The summed E-state index contributed by atoms with van der Waals surface area (Å²) in [6.07, 6.45) is 0.868. The Balaban J connectivity index is 1.80. The van der Waals surface area contributed by atoms with E-state index < -0.39 is 0 Å². The number of carbonyl (C=O) groups excluding carboxylic acids is 1. The molecule has 0 aliphatic carbocycles. The summed E-state index contributed by atoms with van der Waals surface area (Å²) >= 11 is 0. The number of hydrogen-bond acceptors (Lipinski definition) is 4. The third-order valence-electron chi connectivity index (χ3n) is 3.03. The first-order valence-electron chi connectivity index (χ1n) is 5.99. The molecule has 1 fully saturated rings. The largest absolute Gasteiger partial charge is 0.465 e. The molecule has 0 amide bonds. The van der Waals surface area contributed by atoms with E-state index in [1.54, 1.807) is 0 Å². The number of hydrogen-bond donors (Lipinski definition) is 0. The predicted octanol–water partition coefficient (Wildman–Crippen LogP) is 1.63. The fraction of sp³-hybridized carbons (Fsp3) is 0.615. The summed E-state index contributed by atoms with van der Waals surface area (Å²) in [7, 11) is 1.94. The van der Waals surface area contributed by atoms with Crippen molar-refractivity contribution in [3.8, 4) is 0 Å². The molecular weight excluding hydrogens is 218 g/mol. The fourth-order valence-electron chi connectivity index (χ4n) is 2.08. The van der Waals surface area contributed by atoms with E-state index in [9.17, 15) is 4.79 Å². The minimum absolute atomic E-state index is 0.0933. The monoisotopic (exact) mass is 237 g/mol. The molecule has 94 valence electrons. The first kappa shape index (κ1) is 12.3. The first-order chi connectivity index (χ1) is 8.15. The second kappa shape index (κ2) is 5.47. The van der Waals surface area contributed by atoms with Crippen LogP contribution in [0.2, 0.25) is 0 Å². The molecule has 1 atom stereocenters. The van der Waals surface area contributed by atoms with Gasteiger partial charge in [0.15, 0.2) is 5.78 Å². The van der Waals surface area contributed by atoms with Crippen LogP contribution in [0.4, 0.5) is 0 Å². The summed E-state index contributed by atoms with van der Waals surface area (Å²) in [5.41, 5.74) is 0. The molecule has 1 aromatic rings. The van der Waals surface area contributed by atoms with Gasteiger partial charge in [0.25, 0.3) is 0 Å². The quantitative estimate of drug-likeness (QED) is 0.780. The van der Waals surface area contributed by atoms with E-state index in [0.29, 0.717) is 19.7 Å². The summed E-state index contributed by atoms with van der Waals surface area (Å²) in [6, 6.07) is 3.89. The molecule has 1 aliphatic rings. The number of nitrogens with zero attached hydrogens (tertiary/aromatic N) is 1. The number of rotatable bonds is 5. The number of ketones is 1. The van der Waals surface area contributed by atoms with Gasteiger partial charge in [-0.25, -0.2) is 0 Å². The van der Waals surface area contributed by atoms with Gasteiger partial charge in [-0.05, 0) is 32.5 Å². The zero-order valence-electron chi connectivity index (χ0n) is 10.4. The predicted molar refractivity (Wildman–Crippen MR) is 63.7 cm³/mol. The summed E-state index contributed by atoms with van der Waals surface area (Å²) in [5.74, 6) is 2.17. The van der Waals surface area contributed by atoms with Crippen LogP contribution < -0.4 is 0 Å². The van der Waals surface area contributed by atoms with Crippen LogP contribution in [0.1, 0.15) is 17.9 Å². The van der Waals surface area contributed by atoms with Gasteiger partial charge >= 0.3 is 0 Å².